The second-order valence-corrected chi connectivity index (χ2v) is 24.6. The molecule has 1 amide bonds. The fourth-order valence-corrected chi connectivity index (χ4v) is 11.5. The normalized spacial score (nSPS) is 12.4. The topological polar surface area (TPSA) is 95.9 Å². The predicted molar refractivity (Wildman–Crippen MR) is 334 cm³/mol. The summed E-state index contributed by atoms with van der Waals surface area (Å²) in [4.78, 5) is 24.6. The first-order chi connectivity index (χ1) is 37.5. The van der Waals surface area contributed by atoms with Crippen LogP contribution in [0.4, 0.5) is 0 Å². The summed E-state index contributed by atoms with van der Waals surface area (Å²) in [7, 11) is 0. The Morgan fingerprint density at radius 1 is 0.316 bits per heavy atom. The first-order valence-corrected chi connectivity index (χ1v) is 35.3. The third-order valence-electron chi connectivity index (χ3n) is 16.9. The minimum atomic E-state index is -0.665. The zero-order valence-electron chi connectivity index (χ0n) is 52.0. The molecule has 0 radical (unpaired) electrons. The minimum absolute atomic E-state index is 0.0159. The van der Waals surface area contributed by atoms with Gasteiger partial charge in [0.15, 0.2) is 0 Å². The summed E-state index contributed by atoms with van der Waals surface area (Å²) in [5.74, 6) is -0.0141. The van der Waals surface area contributed by atoms with E-state index in [0.29, 0.717) is 25.9 Å². The monoisotopic (exact) mass is 1070 g/mol. The third kappa shape index (κ3) is 62.1. The standard InChI is InChI=1S/C70H139NO5/c1-3-5-7-9-11-13-15-17-19-20-21-22-23-24-26-29-32-35-38-42-46-50-54-58-62-68(73)67(66-72)71-69(74)63-59-55-51-47-43-39-36-33-30-27-25-28-31-34-37-41-45-49-53-57-61-65-76-70(75)64-60-56-52-48-44-40-18-16-14-12-10-8-6-4-2/h67-68,72-73H,3-66H2,1-2H3,(H,71,74). The van der Waals surface area contributed by atoms with Crippen LogP contribution in [0.25, 0.3) is 0 Å². The van der Waals surface area contributed by atoms with Gasteiger partial charge in [0.05, 0.1) is 25.4 Å². The molecule has 0 aliphatic rings. The predicted octanol–water partition coefficient (Wildman–Crippen LogP) is 22.6. The summed E-state index contributed by atoms with van der Waals surface area (Å²) in [5, 5.41) is 23.4. The van der Waals surface area contributed by atoms with Crippen LogP contribution in [-0.4, -0.2) is 47.4 Å². The van der Waals surface area contributed by atoms with Crippen molar-refractivity contribution in [3.05, 3.63) is 0 Å². The van der Waals surface area contributed by atoms with Crippen molar-refractivity contribution in [3.8, 4) is 0 Å². The number of aliphatic hydroxyl groups is 2. The maximum atomic E-state index is 12.6. The van der Waals surface area contributed by atoms with Gasteiger partial charge in [-0.1, -0.05) is 373 Å². The molecule has 0 bridgehead atoms. The molecule has 2 unspecified atom stereocenters. The van der Waals surface area contributed by atoms with Crippen LogP contribution in [0.5, 0.6) is 0 Å². The number of rotatable bonds is 67. The van der Waals surface area contributed by atoms with E-state index in [1.807, 2.05) is 0 Å². The highest BCUT2D eigenvalue weighted by atomic mass is 16.5. The largest absolute Gasteiger partial charge is 0.466 e. The average Bonchev–Trinajstić information content (AvgIpc) is 3.42. The summed E-state index contributed by atoms with van der Waals surface area (Å²) in [6.07, 6.45) is 80.0. The smallest absolute Gasteiger partial charge is 0.305 e. The second-order valence-electron chi connectivity index (χ2n) is 24.6. The van der Waals surface area contributed by atoms with Crippen LogP contribution >= 0.6 is 0 Å². The maximum absolute atomic E-state index is 12.6. The number of hydrogen-bond donors (Lipinski definition) is 3. The van der Waals surface area contributed by atoms with Gasteiger partial charge in [-0.05, 0) is 25.7 Å². The van der Waals surface area contributed by atoms with Gasteiger partial charge in [-0.2, -0.15) is 0 Å². The number of nitrogens with one attached hydrogen (secondary N) is 1. The Labute approximate surface area is 476 Å². The molecule has 2 atom stereocenters. The first-order valence-electron chi connectivity index (χ1n) is 35.3. The Bertz CT molecular complexity index is 1100. The van der Waals surface area contributed by atoms with Crippen LogP contribution in [0, 0.1) is 0 Å². The number of ether oxygens (including phenoxy) is 1. The lowest BCUT2D eigenvalue weighted by atomic mass is 10.0. The van der Waals surface area contributed by atoms with Crippen molar-refractivity contribution < 1.29 is 24.5 Å². The zero-order valence-corrected chi connectivity index (χ0v) is 52.0. The van der Waals surface area contributed by atoms with E-state index in [-0.39, 0.29) is 18.5 Å². The highest BCUT2D eigenvalue weighted by Gasteiger charge is 2.20. The number of esters is 1. The van der Waals surface area contributed by atoms with E-state index in [1.165, 1.54) is 340 Å². The van der Waals surface area contributed by atoms with Crippen LogP contribution in [0.3, 0.4) is 0 Å². The number of unbranched alkanes of at least 4 members (excludes halogenated alkanes) is 56. The van der Waals surface area contributed by atoms with Crippen molar-refractivity contribution in [3.63, 3.8) is 0 Å². The van der Waals surface area contributed by atoms with E-state index >= 15 is 0 Å². The molecular formula is C70H139NO5. The van der Waals surface area contributed by atoms with Crippen LogP contribution in [0.2, 0.25) is 0 Å². The van der Waals surface area contributed by atoms with Crippen LogP contribution in [0.15, 0.2) is 0 Å². The molecule has 0 aromatic carbocycles. The van der Waals surface area contributed by atoms with E-state index in [2.05, 4.69) is 19.2 Å². The van der Waals surface area contributed by atoms with Gasteiger partial charge < -0.3 is 20.3 Å². The lowest BCUT2D eigenvalue weighted by molar-refractivity contribution is -0.143. The van der Waals surface area contributed by atoms with Crippen molar-refractivity contribution in [2.75, 3.05) is 13.2 Å². The Balaban J connectivity index is 3.37. The first kappa shape index (κ1) is 74.9. The van der Waals surface area contributed by atoms with Crippen LogP contribution in [-0.2, 0) is 14.3 Å². The summed E-state index contributed by atoms with van der Waals surface area (Å²) in [5.41, 5.74) is 0. The average molecular weight is 1070 g/mol. The van der Waals surface area contributed by atoms with E-state index in [1.54, 1.807) is 0 Å². The third-order valence-corrected chi connectivity index (χ3v) is 16.9. The molecule has 454 valence electrons. The molecule has 0 saturated heterocycles. The number of amides is 1. The van der Waals surface area contributed by atoms with Gasteiger partial charge in [-0.25, -0.2) is 0 Å². The quantitative estimate of drug-likeness (QED) is 0.0417. The summed E-state index contributed by atoms with van der Waals surface area (Å²) in [6, 6.07) is -0.542. The zero-order chi connectivity index (χ0) is 55.0. The molecule has 6 heteroatoms. The van der Waals surface area contributed by atoms with Gasteiger partial charge in [0, 0.05) is 12.8 Å². The molecule has 76 heavy (non-hydrogen) atoms. The van der Waals surface area contributed by atoms with Gasteiger partial charge in [-0.3, -0.25) is 9.59 Å². The molecule has 0 saturated carbocycles. The summed E-state index contributed by atoms with van der Waals surface area (Å²) >= 11 is 0. The lowest BCUT2D eigenvalue weighted by Crippen LogP contribution is -2.45. The summed E-state index contributed by atoms with van der Waals surface area (Å²) in [6.45, 7) is 5.00. The minimum Gasteiger partial charge on any atom is -0.466 e. The lowest BCUT2D eigenvalue weighted by Gasteiger charge is -2.22. The maximum Gasteiger partial charge on any atom is 0.305 e. The molecule has 0 rings (SSSR count). The number of carbonyl (C=O) groups is 2. The van der Waals surface area contributed by atoms with Crippen molar-refractivity contribution in [1.29, 1.82) is 0 Å². The highest BCUT2D eigenvalue weighted by molar-refractivity contribution is 5.76. The number of hydrogen-bond acceptors (Lipinski definition) is 5. The Hall–Kier alpha value is -1.14. The van der Waals surface area contributed by atoms with E-state index in [0.717, 1.165) is 38.5 Å². The van der Waals surface area contributed by atoms with Gasteiger partial charge in [0.2, 0.25) is 5.91 Å². The second kappa shape index (κ2) is 66.4. The van der Waals surface area contributed by atoms with Crippen molar-refractivity contribution in [2.24, 2.45) is 0 Å². The van der Waals surface area contributed by atoms with Gasteiger partial charge >= 0.3 is 5.97 Å². The van der Waals surface area contributed by atoms with Crippen LogP contribution in [0.1, 0.15) is 412 Å². The molecule has 0 aromatic rings. The van der Waals surface area contributed by atoms with Crippen molar-refractivity contribution in [1.82, 2.24) is 5.32 Å². The Morgan fingerprint density at radius 3 is 0.803 bits per heavy atom. The number of aliphatic hydroxyl groups excluding tert-OH is 2. The van der Waals surface area contributed by atoms with Gasteiger partial charge in [0.25, 0.3) is 0 Å². The Morgan fingerprint density at radius 2 is 0.539 bits per heavy atom. The molecule has 0 aliphatic heterocycles. The molecule has 0 spiro atoms. The van der Waals surface area contributed by atoms with Gasteiger partial charge in [0.1, 0.15) is 0 Å². The van der Waals surface area contributed by atoms with Crippen molar-refractivity contribution >= 4 is 11.9 Å². The van der Waals surface area contributed by atoms with E-state index in [9.17, 15) is 19.8 Å². The number of carbonyl (C=O) groups excluding carboxylic acids is 2. The fourth-order valence-electron chi connectivity index (χ4n) is 11.5. The Kier molecular flexibility index (Phi) is 65.4. The fraction of sp³-hybridized carbons (Fsp3) is 0.971. The molecule has 0 aromatic heterocycles. The van der Waals surface area contributed by atoms with Gasteiger partial charge in [-0.15, -0.1) is 0 Å². The van der Waals surface area contributed by atoms with Crippen molar-refractivity contribution in [2.45, 2.75) is 424 Å². The highest BCUT2D eigenvalue weighted by Crippen LogP contribution is 2.20. The van der Waals surface area contributed by atoms with E-state index < -0.39 is 12.1 Å². The molecule has 0 heterocycles. The molecule has 6 nitrogen and oxygen atoms in total. The SMILES string of the molecule is CCCCCCCCCCCCCCCCCCCCCCCCCCC(O)C(CO)NC(=O)CCCCCCCCCCCCCCCCCCCCCCCOC(=O)CCCCCCCCCCCCCCCC. The molecule has 3 N–H and O–H groups in total. The molecular weight excluding hydrogens is 935 g/mol. The van der Waals surface area contributed by atoms with E-state index in [4.69, 9.17) is 4.74 Å². The molecule has 0 aliphatic carbocycles. The molecule has 0 fully saturated rings. The summed E-state index contributed by atoms with van der Waals surface area (Å²) < 4.78 is 5.49. The van der Waals surface area contributed by atoms with Crippen LogP contribution < -0.4 is 5.32 Å².